The van der Waals surface area contributed by atoms with E-state index in [4.69, 9.17) is 24.5 Å². The summed E-state index contributed by atoms with van der Waals surface area (Å²) in [4.78, 5) is 22.6. The summed E-state index contributed by atoms with van der Waals surface area (Å²) in [6.07, 6.45) is 2.15. The van der Waals surface area contributed by atoms with E-state index in [1.807, 2.05) is 12.1 Å². The van der Waals surface area contributed by atoms with Crippen molar-refractivity contribution in [3.05, 3.63) is 30.5 Å². The summed E-state index contributed by atoms with van der Waals surface area (Å²) in [7, 11) is 0. The van der Waals surface area contributed by atoms with Crippen LogP contribution in [0.3, 0.4) is 0 Å². The first-order valence-corrected chi connectivity index (χ1v) is 7.05. The van der Waals surface area contributed by atoms with Crippen molar-refractivity contribution in [2.75, 3.05) is 13.1 Å². The van der Waals surface area contributed by atoms with Crippen LogP contribution in [-0.2, 0) is 16.1 Å². The molecule has 0 aliphatic carbocycles. The average Bonchev–Trinajstić information content (AvgIpc) is 3.19. The van der Waals surface area contributed by atoms with Gasteiger partial charge in [0.15, 0.2) is 6.10 Å². The number of carbonyl (C=O) groups is 2. The third-order valence-electron chi connectivity index (χ3n) is 3.57. The minimum Gasteiger partial charge on any atom is -0.478 e. The van der Waals surface area contributed by atoms with Crippen LogP contribution in [0.2, 0.25) is 0 Å². The van der Waals surface area contributed by atoms with Gasteiger partial charge < -0.3 is 24.8 Å². The molecule has 0 amide bonds. The lowest BCUT2D eigenvalue weighted by molar-refractivity contribution is -0.159. The summed E-state index contributed by atoms with van der Waals surface area (Å²) in [5.41, 5.74) is 1.20. The number of carboxylic acid groups (broad SMARTS) is 2. The number of aromatic nitrogens is 1. The van der Waals surface area contributed by atoms with E-state index in [0.717, 1.165) is 31.2 Å². The van der Waals surface area contributed by atoms with Gasteiger partial charge in [0, 0.05) is 18.1 Å². The van der Waals surface area contributed by atoms with Gasteiger partial charge in [0.1, 0.15) is 11.6 Å². The molecule has 0 spiro atoms. The quantitative estimate of drug-likeness (QED) is 0.662. The Morgan fingerprint density at radius 3 is 2.70 bits per heavy atom. The van der Waals surface area contributed by atoms with Gasteiger partial charge in [-0.2, -0.15) is 0 Å². The lowest BCUT2D eigenvalue weighted by Crippen LogP contribution is -2.40. The van der Waals surface area contributed by atoms with Gasteiger partial charge in [0.2, 0.25) is 0 Å². The van der Waals surface area contributed by atoms with Crippen LogP contribution >= 0.6 is 0 Å². The molecule has 2 aliphatic rings. The summed E-state index contributed by atoms with van der Waals surface area (Å²) in [5.74, 6) is -1.70. The van der Waals surface area contributed by atoms with E-state index in [9.17, 15) is 0 Å². The Morgan fingerprint density at radius 1 is 1.26 bits per heavy atom. The second kappa shape index (κ2) is 5.99. The molecule has 0 saturated heterocycles. The van der Waals surface area contributed by atoms with Crippen molar-refractivity contribution < 1.29 is 24.5 Å². The van der Waals surface area contributed by atoms with Crippen molar-refractivity contribution in [2.24, 2.45) is 4.99 Å². The molecule has 23 heavy (non-hydrogen) atoms. The standard InChI is InChI=1S/C13H13N3O.C2H2O4/c1-2-9-4-7-16-8-11(13-14-5-6-15-13)17-10(3-1)12(9)16;3-1(4)2(5)6/h1-4,7,11H,5-6,8H2,(H,14,15);(H,3,4)(H,5,6). The smallest absolute Gasteiger partial charge is 0.414 e. The highest BCUT2D eigenvalue weighted by Crippen LogP contribution is 2.31. The van der Waals surface area contributed by atoms with Gasteiger partial charge >= 0.3 is 11.9 Å². The van der Waals surface area contributed by atoms with Crippen LogP contribution in [-0.4, -0.2) is 51.7 Å². The SMILES string of the molecule is O=C(O)C(=O)O.c1cc2c3c(c1)ccn3CC(C1=NCCN1)O2. The molecule has 1 atom stereocenters. The minimum atomic E-state index is -1.82. The molecule has 1 aromatic heterocycles. The van der Waals surface area contributed by atoms with Crippen LogP contribution in [0.1, 0.15) is 0 Å². The fourth-order valence-electron chi connectivity index (χ4n) is 2.62. The maximum absolute atomic E-state index is 9.10. The molecule has 120 valence electrons. The molecule has 0 bridgehead atoms. The number of carboxylic acids is 2. The lowest BCUT2D eigenvalue weighted by atomic mass is 10.2. The normalized spacial score (nSPS) is 18.3. The van der Waals surface area contributed by atoms with E-state index in [-0.39, 0.29) is 6.10 Å². The number of rotatable bonds is 1. The predicted octanol–water partition coefficient (Wildman–Crippen LogP) is 0.560. The van der Waals surface area contributed by atoms with Crippen LogP contribution in [0.4, 0.5) is 0 Å². The number of hydrogen-bond donors (Lipinski definition) is 3. The average molecular weight is 317 g/mol. The largest absolute Gasteiger partial charge is 0.478 e. The molecule has 3 heterocycles. The van der Waals surface area contributed by atoms with Crippen LogP contribution in [0, 0.1) is 0 Å². The molecule has 0 saturated carbocycles. The van der Waals surface area contributed by atoms with Gasteiger partial charge in [-0.15, -0.1) is 0 Å². The van der Waals surface area contributed by atoms with Gasteiger partial charge in [-0.3, -0.25) is 4.99 Å². The van der Waals surface area contributed by atoms with E-state index in [1.165, 1.54) is 10.9 Å². The second-order valence-corrected chi connectivity index (χ2v) is 5.07. The summed E-state index contributed by atoms with van der Waals surface area (Å²) in [6, 6.07) is 8.31. The predicted molar refractivity (Wildman–Crippen MR) is 81.9 cm³/mol. The van der Waals surface area contributed by atoms with E-state index < -0.39 is 11.9 Å². The molecule has 2 aliphatic heterocycles. The van der Waals surface area contributed by atoms with Crippen molar-refractivity contribution in [3.63, 3.8) is 0 Å². The topological polar surface area (TPSA) is 113 Å². The van der Waals surface area contributed by atoms with Crippen molar-refractivity contribution in [3.8, 4) is 5.75 Å². The third kappa shape index (κ3) is 2.96. The Morgan fingerprint density at radius 2 is 2.04 bits per heavy atom. The Kier molecular flexibility index (Phi) is 3.88. The molecule has 8 nitrogen and oxygen atoms in total. The van der Waals surface area contributed by atoms with Crippen molar-refractivity contribution in [2.45, 2.75) is 12.6 Å². The number of aliphatic carboxylic acids is 2. The molecular formula is C15H15N3O5. The molecule has 4 rings (SSSR count). The number of para-hydroxylation sites is 1. The van der Waals surface area contributed by atoms with Gasteiger partial charge in [-0.25, -0.2) is 9.59 Å². The molecule has 1 aromatic carbocycles. The monoisotopic (exact) mass is 317 g/mol. The highest BCUT2D eigenvalue weighted by atomic mass is 16.5. The van der Waals surface area contributed by atoms with E-state index in [1.54, 1.807) is 0 Å². The summed E-state index contributed by atoms with van der Waals surface area (Å²) >= 11 is 0. The molecule has 0 fully saturated rings. The van der Waals surface area contributed by atoms with Gasteiger partial charge in [0.05, 0.1) is 18.6 Å². The number of nitrogens with zero attached hydrogens (tertiary/aromatic N) is 2. The lowest BCUT2D eigenvalue weighted by Gasteiger charge is -2.26. The fraction of sp³-hybridized carbons (Fsp3) is 0.267. The molecule has 8 heteroatoms. The number of nitrogens with one attached hydrogen (secondary N) is 1. The highest BCUT2D eigenvalue weighted by Gasteiger charge is 2.26. The molecule has 3 N–H and O–H groups in total. The van der Waals surface area contributed by atoms with Crippen LogP contribution in [0.5, 0.6) is 5.75 Å². The van der Waals surface area contributed by atoms with E-state index >= 15 is 0 Å². The van der Waals surface area contributed by atoms with Gasteiger partial charge in [0.25, 0.3) is 0 Å². The summed E-state index contributed by atoms with van der Waals surface area (Å²) in [6.45, 7) is 2.63. The van der Waals surface area contributed by atoms with Crippen molar-refractivity contribution in [1.29, 1.82) is 0 Å². The maximum atomic E-state index is 9.10. The fourth-order valence-corrected chi connectivity index (χ4v) is 2.62. The highest BCUT2D eigenvalue weighted by molar-refractivity contribution is 6.27. The van der Waals surface area contributed by atoms with Crippen molar-refractivity contribution >= 4 is 28.7 Å². The Bertz CT molecular complexity index is 784. The van der Waals surface area contributed by atoms with Crippen LogP contribution < -0.4 is 10.1 Å². The van der Waals surface area contributed by atoms with Crippen LogP contribution in [0.15, 0.2) is 35.5 Å². The van der Waals surface area contributed by atoms with Gasteiger partial charge in [-0.05, 0) is 12.1 Å². The minimum absolute atomic E-state index is 0.0306. The zero-order valence-electron chi connectivity index (χ0n) is 12.1. The number of benzene rings is 1. The van der Waals surface area contributed by atoms with E-state index in [2.05, 4.69) is 33.2 Å². The zero-order chi connectivity index (χ0) is 16.4. The maximum Gasteiger partial charge on any atom is 0.414 e. The number of ether oxygens (including phenoxy) is 1. The third-order valence-corrected chi connectivity index (χ3v) is 3.57. The first-order chi connectivity index (χ1) is 11.1. The molecular weight excluding hydrogens is 302 g/mol. The van der Waals surface area contributed by atoms with Gasteiger partial charge in [-0.1, -0.05) is 12.1 Å². The summed E-state index contributed by atoms with van der Waals surface area (Å²) < 4.78 is 8.28. The number of aliphatic imine (C=N–C) groups is 1. The zero-order valence-corrected chi connectivity index (χ0v) is 12.1. The Hall–Kier alpha value is -3.03. The van der Waals surface area contributed by atoms with Crippen molar-refractivity contribution in [1.82, 2.24) is 9.88 Å². The number of hydrogen-bond acceptors (Lipinski definition) is 5. The first-order valence-electron chi connectivity index (χ1n) is 7.05. The summed E-state index contributed by atoms with van der Waals surface area (Å²) in [5, 5.41) is 19.3. The molecule has 2 aromatic rings. The first kappa shape index (κ1) is 14.9. The second-order valence-electron chi connectivity index (χ2n) is 5.07. The Balaban J connectivity index is 0.000000227. The van der Waals surface area contributed by atoms with E-state index in [0.29, 0.717) is 0 Å². The molecule has 0 radical (unpaired) electrons. The number of amidine groups is 1. The molecule has 1 unspecified atom stereocenters. The van der Waals surface area contributed by atoms with Crippen LogP contribution in [0.25, 0.3) is 10.9 Å². The Labute approximate surface area is 131 Å².